The molecule has 0 atom stereocenters. The van der Waals surface area contributed by atoms with E-state index in [1.165, 1.54) is 33.0 Å². The van der Waals surface area contributed by atoms with Crippen LogP contribution in [0.1, 0.15) is 0 Å². The molecule has 0 fully saturated rings. The van der Waals surface area contributed by atoms with Crippen molar-refractivity contribution in [3.63, 3.8) is 0 Å². The summed E-state index contributed by atoms with van der Waals surface area (Å²) in [6, 6.07) is 31.6. The van der Waals surface area contributed by atoms with Gasteiger partial charge < -0.3 is 5.73 Å². The molecule has 23 heavy (non-hydrogen) atoms. The summed E-state index contributed by atoms with van der Waals surface area (Å²) in [7, 11) is 0. The van der Waals surface area contributed by atoms with Crippen LogP contribution in [0.3, 0.4) is 0 Å². The number of hydrogen-bond donors (Lipinski definition) is 1. The normalized spacial score (nSPS) is 10.8. The Hall–Kier alpha value is -3.06. The molecular weight excluding hydrogens is 278 g/mol. The first-order valence-corrected chi connectivity index (χ1v) is 7.76. The van der Waals surface area contributed by atoms with Gasteiger partial charge in [-0.15, -0.1) is 0 Å². The second-order valence-corrected chi connectivity index (χ2v) is 5.70. The van der Waals surface area contributed by atoms with E-state index in [1.807, 2.05) is 12.1 Å². The lowest BCUT2D eigenvalue weighted by Crippen LogP contribution is -1.87. The second kappa shape index (κ2) is 5.62. The van der Waals surface area contributed by atoms with Crippen molar-refractivity contribution in [2.45, 2.75) is 0 Å². The first-order valence-electron chi connectivity index (χ1n) is 7.76. The van der Waals surface area contributed by atoms with Gasteiger partial charge in [-0.3, -0.25) is 0 Å². The lowest BCUT2D eigenvalue weighted by molar-refractivity contribution is 1.62. The van der Waals surface area contributed by atoms with Crippen molar-refractivity contribution in [2.75, 3.05) is 5.73 Å². The van der Waals surface area contributed by atoms with Crippen LogP contribution in [0.25, 0.3) is 33.0 Å². The van der Waals surface area contributed by atoms with E-state index in [1.54, 1.807) is 0 Å². The van der Waals surface area contributed by atoms with Crippen LogP contribution in [0.4, 0.5) is 5.69 Å². The molecule has 4 rings (SSSR count). The topological polar surface area (TPSA) is 26.0 Å². The van der Waals surface area contributed by atoms with E-state index in [0.717, 1.165) is 5.69 Å². The Balaban J connectivity index is 2.04. The largest absolute Gasteiger partial charge is 0.399 e. The molecule has 0 aliphatic carbocycles. The number of benzene rings is 4. The third kappa shape index (κ3) is 2.47. The highest BCUT2D eigenvalue weighted by Crippen LogP contribution is 2.36. The summed E-state index contributed by atoms with van der Waals surface area (Å²) in [4.78, 5) is 0. The molecule has 0 radical (unpaired) electrons. The zero-order chi connectivity index (χ0) is 15.6. The Morgan fingerprint density at radius 1 is 0.478 bits per heavy atom. The predicted molar refractivity (Wildman–Crippen MR) is 99.2 cm³/mol. The zero-order valence-corrected chi connectivity index (χ0v) is 12.7. The monoisotopic (exact) mass is 295 g/mol. The van der Waals surface area contributed by atoms with Crippen LogP contribution in [0.2, 0.25) is 0 Å². The second-order valence-electron chi connectivity index (χ2n) is 5.70. The Morgan fingerprint density at radius 2 is 1.04 bits per heavy atom. The number of fused-ring (bicyclic) bond motifs is 1. The van der Waals surface area contributed by atoms with Crippen LogP contribution < -0.4 is 5.73 Å². The molecule has 0 saturated heterocycles. The standard InChI is InChI=1S/C22H17N/c23-19-14-12-17(13-15-19)21-11-5-9-18-8-4-10-20(22(18)21)16-6-2-1-3-7-16/h1-15H,23H2. The highest BCUT2D eigenvalue weighted by Gasteiger charge is 2.09. The molecule has 0 aromatic heterocycles. The summed E-state index contributed by atoms with van der Waals surface area (Å²) < 4.78 is 0. The van der Waals surface area contributed by atoms with Crippen molar-refractivity contribution in [1.29, 1.82) is 0 Å². The minimum atomic E-state index is 0.789. The van der Waals surface area contributed by atoms with Crippen molar-refractivity contribution in [2.24, 2.45) is 0 Å². The highest BCUT2D eigenvalue weighted by molar-refractivity contribution is 6.06. The number of nitrogen functional groups attached to an aromatic ring is 1. The maximum absolute atomic E-state index is 5.84. The quantitative estimate of drug-likeness (QED) is 0.468. The SMILES string of the molecule is Nc1ccc(-c2cccc3cccc(-c4ccccc4)c23)cc1. The summed E-state index contributed by atoms with van der Waals surface area (Å²) in [5.74, 6) is 0. The van der Waals surface area contributed by atoms with Crippen molar-refractivity contribution in [3.8, 4) is 22.3 Å². The van der Waals surface area contributed by atoms with E-state index in [-0.39, 0.29) is 0 Å². The van der Waals surface area contributed by atoms with Gasteiger partial charge in [0.25, 0.3) is 0 Å². The van der Waals surface area contributed by atoms with Gasteiger partial charge in [0, 0.05) is 5.69 Å². The third-order valence-corrected chi connectivity index (χ3v) is 4.21. The fourth-order valence-electron chi connectivity index (χ4n) is 3.10. The van der Waals surface area contributed by atoms with Crippen LogP contribution in [0.5, 0.6) is 0 Å². The molecule has 1 nitrogen and oxygen atoms in total. The van der Waals surface area contributed by atoms with E-state index in [2.05, 4.69) is 78.9 Å². The molecule has 0 unspecified atom stereocenters. The van der Waals surface area contributed by atoms with Crippen LogP contribution in [0.15, 0.2) is 91.0 Å². The highest BCUT2D eigenvalue weighted by atomic mass is 14.5. The van der Waals surface area contributed by atoms with Gasteiger partial charge in [-0.25, -0.2) is 0 Å². The average Bonchev–Trinajstić information content (AvgIpc) is 2.62. The molecule has 0 spiro atoms. The van der Waals surface area contributed by atoms with E-state index < -0.39 is 0 Å². The number of hydrogen-bond acceptors (Lipinski definition) is 1. The first-order chi connectivity index (χ1) is 11.3. The van der Waals surface area contributed by atoms with E-state index in [9.17, 15) is 0 Å². The van der Waals surface area contributed by atoms with E-state index >= 15 is 0 Å². The van der Waals surface area contributed by atoms with Crippen LogP contribution in [-0.2, 0) is 0 Å². The smallest absolute Gasteiger partial charge is 0.0314 e. The Labute approximate surface area is 136 Å². The number of nitrogens with two attached hydrogens (primary N) is 1. The lowest BCUT2D eigenvalue weighted by atomic mass is 9.91. The third-order valence-electron chi connectivity index (χ3n) is 4.21. The molecule has 0 aliphatic rings. The van der Waals surface area contributed by atoms with Crippen molar-refractivity contribution < 1.29 is 0 Å². The number of rotatable bonds is 2. The van der Waals surface area contributed by atoms with Gasteiger partial charge in [-0.05, 0) is 45.2 Å². The zero-order valence-electron chi connectivity index (χ0n) is 12.7. The van der Waals surface area contributed by atoms with Gasteiger partial charge in [-0.1, -0.05) is 78.9 Å². The Bertz CT molecular complexity index is 949. The van der Waals surface area contributed by atoms with Gasteiger partial charge in [0.15, 0.2) is 0 Å². The van der Waals surface area contributed by atoms with Crippen LogP contribution >= 0.6 is 0 Å². The number of anilines is 1. The summed E-state index contributed by atoms with van der Waals surface area (Å²) >= 11 is 0. The van der Waals surface area contributed by atoms with Gasteiger partial charge in [-0.2, -0.15) is 0 Å². The molecule has 0 heterocycles. The summed E-state index contributed by atoms with van der Waals surface area (Å²) in [6.07, 6.45) is 0. The Morgan fingerprint density at radius 3 is 1.65 bits per heavy atom. The molecule has 2 N–H and O–H groups in total. The Kier molecular flexibility index (Phi) is 3.32. The molecule has 0 aliphatic heterocycles. The fraction of sp³-hybridized carbons (Fsp3) is 0. The van der Waals surface area contributed by atoms with Gasteiger partial charge in [0.05, 0.1) is 0 Å². The van der Waals surface area contributed by atoms with Gasteiger partial charge >= 0.3 is 0 Å². The minimum absolute atomic E-state index is 0.789. The van der Waals surface area contributed by atoms with Gasteiger partial charge in [0.1, 0.15) is 0 Å². The minimum Gasteiger partial charge on any atom is -0.399 e. The van der Waals surface area contributed by atoms with Crippen LogP contribution in [-0.4, -0.2) is 0 Å². The molecule has 0 saturated carbocycles. The summed E-state index contributed by atoms with van der Waals surface area (Å²) in [5.41, 5.74) is 11.6. The molecule has 4 aromatic rings. The van der Waals surface area contributed by atoms with Crippen molar-refractivity contribution >= 4 is 16.5 Å². The maximum Gasteiger partial charge on any atom is 0.0314 e. The maximum atomic E-state index is 5.84. The molecule has 1 heteroatoms. The molecule has 0 bridgehead atoms. The summed E-state index contributed by atoms with van der Waals surface area (Å²) in [5, 5.41) is 2.53. The van der Waals surface area contributed by atoms with E-state index in [4.69, 9.17) is 5.73 Å². The van der Waals surface area contributed by atoms with Crippen LogP contribution in [0, 0.1) is 0 Å². The summed E-state index contributed by atoms with van der Waals surface area (Å²) in [6.45, 7) is 0. The molecular formula is C22H17N. The predicted octanol–water partition coefficient (Wildman–Crippen LogP) is 5.76. The molecule has 4 aromatic carbocycles. The lowest BCUT2D eigenvalue weighted by Gasteiger charge is -2.12. The van der Waals surface area contributed by atoms with Crippen molar-refractivity contribution in [1.82, 2.24) is 0 Å². The van der Waals surface area contributed by atoms with Gasteiger partial charge in [0.2, 0.25) is 0 Å². The first kappa shape index (κ1) is 13.6. The molecule has 0 amide bonds. The fourth-order valence-corrected chi connectivity index (χ4v) is 3.10. The van der Waals surface area contributed by atoms with E-state index in [0.29, 0.717) is 0 Å². The average molecular weight is 295 g/mol. The molecule has 110 valence electrons. The van der Waals surface area contributed by atoms with Crippen molar-refractivity contribution in [3.05, 3.63) is 91.0 Å².